The summed E-state index contributed by atoms with van der Waals surface area (Å²) in [6, 6.07) is 13.2. The van der Waals surface area contributed by atoms with Gasteiger partial charge in [-0.05, 0) is 43.2 Å². The Morgan fingerprint density at radius 1 is 1.10 bits per heavy atom. The zero-order valence-corrected chi connectivity index (χ0v) is 18.4. The predicted octanol–water partition coefficient (Wildman–Crippen LogP) is 2.95. The molecular formula is C23H30ClN3O3. The Hall–Kier alpha value is -2.12. The number of rotatable bonds is 8. The minimum Gasteiger partial charge on any atom is -0.491 e. The van der Waals surface area contributed by atoms with Crippen molar-refractivity contribution in [3.63, 3.8) is 0 Å². The van der Waals surface area contributed by atoms with Gasteiger partial charge in [-0.15, -0.1) is 0 Å². The third-order valence-electron chi connectivity index (χ3n) is 5.29. The molecule has 7 heteroatoms. The van der Waals surface area contributed by atoms with Crippen LogP contribution in [0, 0.1) is 13.8 Å². The molecule has 1 unspecified atom stereocenters. The lowest BCUT2D eigenvalue weighted by molar-refractivity contribution is -0.117. The van der Waals surface area contributed by atoms with Crippen molar-refractivity contribution in [2.24, 2.45) is 0 Å². The monoisotopic (exact) mass is 431 g/mol. The lowest BCUT2D eigenvalue weighted by atomic mass is 10.1. The van der Waals surface area contributed by atoms with Crippen molar-refractivity contribution < 1.29 is 14.6 Å². The molecule has 0 bridgehead atoms. The molecule has 162 valence electrons. The van der Waals surface area contributed by atoms with Gasteiger partial charge in [0.2, 0.25) is 5.91 Å². The molecule has 3 rings (SSSR count). The first-order valence-electron chi connectivity index (χ1n) is 10.3. The third-order valence-corrected chi connectivity index (χ3v) is 5.52. The van der Waals surface area contributed by atoms with E-state index in [-0.39, 0.29) is 12.5 Å². The maximum absolute atomic E-state index is 12.5. The number of hydrogen-bond acceptors (Lipinski definition) is 5. The van der Waals surface area contributed by atoms with Crippen LogP contribution in [0.5, 0.6) is 5.75 Å². The van der Waals surface area contributed by atoms with E-state index in [4.69, 9.17) is 16.3 Å². The van der Waals surface area contributed by atoms with Gasteiger partial charge in [0.1, 0.15) is 18.5 Å². The molecule has 1 atom stereocenters. The van der Waals surface area contributed by atoms with E-state index in [2.05, 4.69) is 15.1 Å². The van der Waals surface area contributed by atoms with E-state index in [0.717, 1.165) is 43.0 Å². The molecule has 1 aliphatic rings. The molecular weight excluding hydrogens is 402 g/mol. The largest absolute Gasteiger partial charge is 0.491 e. The first-order valence-corrected chi connectivity index (χ1v) is 10.7. The Kier molecular flexibility index (Phi) is 8.10. The van der Waals surface area contributed by atoms with Gasteiger partial charge in [-0.1, -0.05) is 35.9 Å². The highest BCUT2D eigenvalue weighted by Gasteiger charge is 2.21. The molecule has 1 saturated heterocycles. The van der Waals surface area contributed by atoms with Crippen molar-refractivity contribution in [1.29, 1.82) is 0 Å². The molecule has 1 heterocycles. The quantitative estimate of drug-likeness (QED) is 0.672. The van der Waals surface area contributed by atoms with E-state index in [1.165, 1.54) is 0 Å². The molecule has 6 nitrogen and oxygen atoms in total. The van der Waals surface area contributed by atoms with Crippen LogP contribution in [-0.4, -0.2) is 72.8 Å². The molecule has 0 spiro atoms. The summed E-state index contributed by atoms with van der Waals surface area (Å²) in [5.41, 5.74) is 3.05. The van der Waals surface area contributed by atoms with Crippen LogP contribution in [0.1, 0.15) is 11.1 Å². The maximum Gasteiger partial charge on any atom is 0.238 e. The Balaban J connectivity index is 1.37. The van der Waals surface area contributed by atoms with E-state index in [0.29, 0.717) is 23.9 Å². The lowest BCUT2D eigenvalue weighted by Crippen LogP contribution is -2.50. The maximum atomic E-state index is 12.5. The number of aryl methyl sites for hydroxylation is 2. The fourth-order valence-electron chi connectivity index (χ4n) is 3.62. The van der Waals surface area contributed by atoms with Crippen LogP contribution in [-0.2, 0) is 4.79 Å². The number of aliphatic hydroxyl groups excluding tert-OH is 1. The lowest BCUT2D eigenvalue weighted by Gasteiger charge is -2.35. The Morgan fingerprint density at radius 3 is 2.40 bits per heavy atom. The fourth-order valence-corrected chi connectivity index (χ4v) is 3.80. The summed E-state index contributed by atoms with van der Waals surface area (Å²) < 4.78 is 5.62. The average Bonchev–Trinajstić information content (AvgIpc) is 2.71. The highest BCUT2D eigenvalue weighted by atomic mass is 35.5. The Labute approximate surface area is 183 Å². The van der Waals surface area contributed by atoms with Crippen molar-refractivity contribution in [2.45, 2.75) is 20.0 Å². The van der Waals surface area contributed by atoms with Crippen LogP contribution >= 0.6 is 11.6 Å². The average molecular weight is 432 g/mol. The highest BCUT2D eigenvalue weighted by Crippen LogP contribution is 2.19. The summed E-state index contributed by atoms with van der Waals surface area (Å²) in [4.78, 5) is 16.8. The van der Waals surface area contributed by atoms with Gasteiger partial charge in [0, 0.05) is 43.4 Å². The summed E-state index contributed by atoms with van der Waals surface area (Å²) in [6.07, 6.45) is -0.581. The number of carbonyl (C=O) groups excluding carboxylic acids is 1. The number of carbonyl (C=O) groups is 1. The van der Waals surface area contributed by atoms with Crippen LogP contribution < -0.4 is 10.1 Å². The van der Waals surface area contributed by atoms with Crippen LogP contribution in [0.25, 0.3) is 0 Å². The second-order valence-corrected chi connectivity index (χ2v) is 8.25. The molecule has 0 aliphatic carbocycles. The van der Waals surface area contributed by atoms with Gasteiger partial charge in [0.15, 0.2) is 0 Å². The zero-order chi connectivity index (χ0) is 21.5. The topological polar surface area (TPSA) is 65.0 Å². The summed E-state index contributed by atoms with van der Waals surface area (Å²) in [6.45, 7) is 8.36. The molecule has 1 amide bonds. The predicted molar refractivity (Wildman–Crippen MR) is 120 cm³/mol. The number of ether oxygens (including phenoxy) is 1. The molecule has 2 aromatic rings. The summed E-state index contributed by atoms with van der Waals surface area (Å²) in [7, 11) is 0. The van der Waals surface area contributed by atoms with Gasteiger partial charge in [-0.25, -0.2) is 0 Å². The Morgan fingerprint density at radius 2 is 1.73 bits per heavy atom. The van der Waals surface area contributed by atoms with Gasteiger partial charge in [0.05, 0.1) is 6.54 Å². The fraction of sp³-hybridized carbons (Fsp3) is 0.435. The second kappa shape index (κ2) is 10.8. The number of amides is 1. The first kappa shape index (κ1) is 22.6. The number of nitrogens with one attached hydrogen (secondary N) is 1. The normalized spacial score (nSPS) is 16.3. The summed E-state index contributed by atoms with van der Waals surface area (Å²) in [5, 5.41) is 13.9. The van der Waals surface area contributed by atoms with Gasteiger partial charge in [0.25, 0.3) is 0 Å². The van der Waals surface area contributed by atoms with Gasteiger partial charge >= 0.3 is 0 Å². The number of hydrogen-bond donors (Lipinski definition) is 2. The zero-order valence-electron chi connectivity index (χ0n) is 17.6. The van der Waals surface area contributed by atoms with E-state index in [1.54, 1.807) is 12.1 Å². The van der Waals surface area contributed by atoms with E-state index < -0.39 is 6.10 Å². The van der Waals surface area contributed by atoms with Crippen molar-refractivity contribution in [3.05, 3.63) is 58.6 Å². The number of aliphatic hydroxyl groups is 1. The molecule has 0 radical (unpaired) electrons. The molecule has 0 saturated carbocycles. The van der Waals surface area contributed by atoms with Gasteiger partial charge in [-0.3, -0.25) is 14.6 Å². The van der Waals surface area contributed by atoms with E-state index in [1.807, 2.05) is 44.2 Å². The van der Waals surface area contributed by atoms with Crippen LogP contribution in [0.15, 0.2) is 42.5 Å². The molecule has 30 heavy (non-hydrogen) atoms. The van der Waals surface area contributed by atoms with E-state index >= 15 is 0 Å². The smallest absolute Gasteiger partial charge is 0.238 e. The number of β-amino-alcohol motifs (C(OH)–C–C–N with tert-alkyl or cyclic N) is 1. The number of para-hydroxylation sites is 1. The molecule has 1 aliphatic heterocycles. The molecule has 2 aromatic carbocycles. The standard InChI is InChI=1S/C23H30ClN3O3/c1-17-5-3-6-18(2)23(17)25-22(29)15-27-11-9-26(10-12-27)14-20(28)16-30-21-8-4-7-19(24)13-21/h3-8,13,20,28H,9-12,14-16H2,1-2H3,(H,25,29). The number of halogens is 1. The Bertz CT molecular complexity index is 833. The third kappa shape index (κ3) is 6.71. The SMILES string of the molecule is Cc1cccc(C)c1NC(=O)CN1CCN(CC(O)COc2cccc(Cl)c2)CC1. The van der Waals surface area contributed by atoms with Crippen LogP contribution in [0.3, 0.4) is 0 Å². The highest BCUT2D eigenvalue weighted by molar-refractivity contribution is 6.30. The summed E-state index contributed by atoms with van der Waals surface area (Å²) >= 11 is 5.94. The van der Waals surface area contributed by atoms with Crippen molar-refractivity contribution >= 4 is 23.2 Å². The molecule has 0 aromatic heterocycles. The number of nitrogens with zero attached hydrogens (tertiary/aromatic N) is 2. The minimum absolute atomic E-state index is 0.0100. The minimum atomic E-state index is -0.581. The van der Waals surface area contributed by atoms with E-state index in [9.17, 15) is 9.90 Å². The second-order valence-electron chi connectivity index (χ2n) is 7.81. The van der Waals surface area contributed by atoms with Crippen LogP contribution in [0.4, 0.5) is 5.69 Å². The van der Waals surface area contributed by atoms with Gasteiger partial charge in [-0.2, -0.15) is 0 Å². The van der Waals surface area contributed by atoms with Crippen molar-refractivity contribution in [3.8, 4) is 5.75 Å². The number of anilines is 1. The van der Waals surface area contributed by atoms with Crippen LogP contribution in [0.2, 0.25) is 5.02 Å². The number of benzene rings is 2. The summed E-state index contributed by atoms with van der Waals surface area (Å²) in [5.74, 6) is 0.664. The van der Waals surface area contributed by atoms with Crippen molar-refractivity contribution in [2.75, 3.05) is 51.2 Å². The number of piperazine rings is 1. The molecule has 2 N–H and O–H groups in total. The van der Waals surface area contributed by atoms with Crippen molar-refractivity contribution in [1.82, 2.24) is 9.80 Å². The molecule has 1 fully saturated rings. The first-order chi connectivity index (χ1) is 14.4. The van der Waals surface area contributed by atoms with Gasteiger partial charge < -0.3 is 15.2 Å².